The van der Waals surface area contributed by atoms with Gasteiger partial charge in [-0.2, -0.15) is 5.10 Å². The number of fused-ring (bicyclic) bond motifs is 1. The number of hydrogen-bond acceptors (Lipinski definition) is 5. The summed E-state index contributed by atoms with van der Waals surface area (Å²) in [7, 11) is 0. The smallest absolute Gasteiger partial charge is 0.349 e. The van der Waals surface area contributed by atoms with Crippen molar-refractivity contribution in [1.29, 1.82) is 0 Å². The number of ether oxygens (including phenoxy) is 1. The van der Waals surface area contributed by atoms with Crippen molar-refractivity contribution in [3.8, 4) is 5.75 Å². The normalized spacial score (nSPS) is 11.1. The molecule has 0 spiro atoms. The van der Waals surface area contributed by atoms with Crippen LogP contribution in [0.4, 0.5) is 10.1 Å². The van der Waals surface area contributed by atoms with Crippen molar-refractivity contribution in [3.05, 3.63) is 102 Å². The quantitative estimate of drug-likeness (QED) is 0.328. The van der Waals surface area contributed by atoms with Crippen LogP contribution >= 0.6 is 31.9 Å². The van der Waals surface area contributed by atoms with Crippen molar-refractivity contribution in [1.82, 2.24) is 9.66 Å². The summed E-state index contributed by atoms with van der Waals surface area (Å²) < 4.78 is 21.0. The highest BCUT2D eigenvalue weighted by Crippen LogP contribution is 2.34. The van der Waals surface area contributed by atoms with Crippen LogP contribution in [0.3, 0.4) is 0 Å². The summed E-state index contributed by atoms with van der Waals surface area (Å²) in [6.07, 6.45) is 1.34. The van der Waals surface area contributed by atoms with E-state index < -0.39 is 23.0 Å². The lowest BCUT2D eigenvalue weighted by molar-refractivity contribution is -0.118. The summed E-state index contributed by atoms with van der Waals surface area (Å²) in [4.78, 5) is 39.6. The predicted molar refractivity (Wildman–Crippen MR) is 134 cm³/mol. The molecule has 2 N–H and O–H groups in total. The van der Waals surface area contributed by atoms with E-state index in [4.69, 9.17) is 4.74 Å². The molecule has 0 saturated heterocycles. The highest BCUT2D eigenvalue weighted by molar-refractivity contribution is 9.11. The van der Waals surface area contributed by atoms with Crippen LogP contribution in [0, 0.1) is 5.82 Å². The number of aromatic nitrogens is 2. The van der Waals surface area contributed by atoms with E-state index in [0.29, 0.717) is 31.2 Å². The van der Waals surface area contributed by atoms with Gasteiger partial charge in [-0.3, -0.25) is 9.59 Å². The highest BCUT2D eigenvalue weighted by Gasteiger charge is 2.13. The number of carbonyl (C=O) groups excluding carboxylic acids is 1. The van der Waals surface area contributed by atoms with E-state index in [1.54, 1.807) is 42.5 Å². The second kappa shape index (κ2) is 10.1. The molecule has 4 aromatic rings. The summed E-state index contributed by atoms with van der Waals surface area (Å²) in [6, 6.07) is 15.7. The summed E-state index contributed by atoms with van der Waals surface area (Å²) in [5.41, 5.74) is -0.190. The Balaban J connectivity index is 1.51. The van der Waals surface area contributed by atoms with E-state index in [1.807, 2.05) is 0 Å². The van der Waals surface area contributed by atoms with Gasteiger partial charge in [0.05, 0.1) is 31.8 Å². The molecular weight excluding hydrogens is 575 g/mol. The van der Waals surface area contributed by atoms with Crippen molar-refractivity contribution in [2.75, 3.05) is 11.9 Å². The predicted octanol–water partition coefficient (Wildman–Crippen LogP) is 4.25. The molecule has 1 aromatic heterocycles. The van der Waals surface area contributed by atoms with Crippen LogP contribution in [0.1, 0.15) is 5.56 Å². The number of benzene rings is 3. The van der Waals surface area contributed by atoms with Gasteiger partial charge in [0.15, 0.2) is 6.61 Å². The summed E-state index contributed by atoms with van der Waals surface area (Å²) in [5, 5.41) is 6.79. The third-order valence-electron chi connectivity index (χ3n) is 4.62. The van der Waals surface area contributed by atoms with E-state index in [9.17, 15) is 18.8 Å². The number of nitrogens with one attached hydrogen (secondary N) is 2. The van der Waals surface area contributed by atoms with Gasteiger partial charge in [-0.25, -0.2) is 9.18 Å². The molecule has 0 atom stereocenters. The molecule has 0 radical (unpaired) electrons. The fraction of sp³-hybridized carbons (Fsp3) is 0.0435. The minimum atomic E-state index is -0.668. The number of aromatic amines is 1. The van der Waals surface area contributed by atoms with Gasteiger partial charge in [0.2, 0.25) is 0 Å². The van der Waals surface area contributed by atoms with E-state index >= 15 is 0 Å². The Kier molecular flexibility index (Phi) is 7.03. The number of anilines is 1. The van der Waals surface area contributed by atoms with E-state index in [0.717, 1.165) is 4.68 Å². The Morgan fingerprint density at radius 2 is 1.76 bits per heavy atom. The van der Waals surface area contributed by atoms with Crippen LogP contribution in [0.5, 0.6) is 5.75 Å². The summed E-state index contributed by atoms with van der Waals surface area (Å²) in [6.45, 7) is -0.360. The maximum atomic E-state index is 13.7. The topological polar surface area (TPSA) is 106 Å². The molecule has 3 aromatic carbocycles. The first kappa shape index (κ1) is 23.6. The molecule has 1 heterocycles. The van der Waals surface area contributed by atoms with E-state index in [2.05, 4.69) is 47.3 Å². The van der Waals surface area contributed by atoms with Crippen molar-refractivity contribution in [2.45, 2.75) is 0 Å². The first-order valence-electron chi connectivity index (χ1n) is 9.78. The number of carbonyl (C=O) groups is 1. The third kappa shape index (κ3) is 5.15. The van der Waals surface area contributed by atoms with Gasteiger partial charge in [0.25, 0.3) is 11.5 Å². The Morgan fingerprint density at radius 3 is 2.50 bits per heavy atom. The second-order valence-electron chi connectivity index (χ2n) is 6.97. The number of H-pyrrole nitrogens is 1. The molecule has 4 rings (SSSR count). The zero-order chi connectivity index (χ0) is 24.2. The van der Waals surface area contributed by atoms with Gasteiger partial charge in [-0.1, -0.05) is 24.3 Å². The number of nitrogens with zero attached hydrogens (tertiary/aromatic N) is 2. The van der Waals surface area contributed by atoms with Crippen LogP contribution in [-0.4, -0.2) is 28.4 Å². The first-order chi connectivity index (χ1) is 16.3. The Morgan fingerprint density at radius 1 is 1.09 bits per heavy atom. The first-order valence-corrected chi connectivity index (χ1v) is 11.4. The molecule has 0 unspecified atom stereocenters. The molecule has 0 saturated carbocycles. The molecule has 1 amide bonds. The Bertz CT molecular complexity index is 1530. The number of amides is 1. The molecular formula is C23H15Br2FN4O4. The van der Waals surface area contributed by atoms with Gasteiger partial charge in [-0.05, 0) is 73.8 Å². The third-order valence-corrected chi connectivity index (χ3v) is 5.80. The van der Waals surface area contributed by atoms with Crippen molar-refractivity contribution >= 4 is 60.6 Å². The maximum absolute atomic E-state index is 13.7. The highest BCUT2D eigenvalue weighted by atomic mass is 79.9. The van der Waals surface area contributed by atoms with Crippen LogP contribution in [-0.2, 0) is 4.79 Å². The Labute approximate surface area is 208 Å². The molecule has 0 aliphatic rings. The molecule has 172 valence electrons. The molecule has 0 aliphatic carbocycles. The Hall–Kier alpha value is -3.57. The number of rotatable bonds is 6. The molecule has 8 nitrogen and oxygen atoms in total. The molecule has 0 bridgehead atoms. The van der Waals surface area contributed by atoms with E-state index in [-0.39, 0.29) is 12.3 Å². The van der Waals surface area contributed by atoms with Crippen LogP contribution in [0.25, 0.3) is 10.9 Å². The van der Waals surface area contributed by atoms with Crippen molar-refractivity contribution in [2.24, 2.45) is 5.10 Å². The maximum Gasteiger partial charge on any atom is 0.349 e. The van der Waals surface area contributed by atoms with Crippen LogP contribution < -0.4 is 21.3 Å². The van der Waals surface area contributed by atoms with Gasteiger partial charge in [0, 0.05) is 0 Å². The lowest BCUT2D eigenvalue weighted by Gasteiger charge is -2.12. The average Bonchev–Trinajstić information content (AvgIpc) is 2.80. The summed E-state index contributed by atoms with van der Waals surface area (Å²) >= 11 is 6.74. The average molecular weight is 590 g/mol. The van der Waals surface area contributed by atoms with Crippen molar-refractivity contribution < 1.29 is 13.9 Å². The van der Waals surface area contributed by atoms with Gasteiger partial charge in [0.1, 0.15) is 11.6 Å². The number of para-hydroxylation sites is 2. The molecule has 11 heteroatoms. The number of halogens is 3. The van der Waals surface area contributed by atoms with Gasteiger partial charge < -0.3 is 15.0 Å². The lowest BCUT2D eigenvalue weighted by atomic mass is 10.2. The zero-order valence-electron chi connectivity index (χ0n) is 17.2. The van der Waals surface area contributed by atoms with Gasteiger partial charge in [-0.15, -0.1) is 4.68 Å². The lowest BCUT2D eigenvalue weighted by Crippen LogP contribution is -2.32. The zero-order valence-corrected chi connectivity index (χ0v) is 20.4. The summed E-state index contributed by atoms with van der Waals surface area (Å²) in [5.74, 6) is -0.753. The SMILES string of the molecule is O=C(COc1c(Br)cc(C=Nn2c(=O)[nH]c3ccccc3c2=O)cc1Br)Nc1ccccc1F. The fourth-order valence-electron chi connectivity index (χ4n) is 3.06. The van der Waals surface area contributed by atoms with Crippen molar-refractivity contribution in [3.63, 3.8) is 0 Å². The molecule has 0 aliphatic heterocycles. The minimum absolute atomic E-state index is 0.0553. The largest absolute Gasteiger partial charge is 0.481 e. The molecule has 0 fully saturated rings. The van der Waals surface area contributed by atoms with Crippen LogP contribution in [0.15, 0.2) is 84.3 Å². The minimum Gasteiger partial charge on any atom is -0.481 e. The fourth-order valence-corrected chi connectivity index (χ4v) is 4.51. The number of hydrogen-bond donors (Lipinski definition) is 2. The second-order valence-corrected chi connectivity index (χ2v) is 8.68. The van der Waals surface area contributed by atoms with Gasteiger partial charge >= 0.3 is 5.69 Å². The monoisotopic (exact) mass is 588 g/mol. The molecule has 34 heavy (non-hydrogen) atoms. The standard InChI is InChI=1S/C23H15Br2FN4O4/c24-15-9-13(11-27-30-22(32)14-5-1-3-7-18(14)29-23(30)33)10-16(25)21(15)34-12-20(31)28-19-8-4-2-6-17(19)26/h1-11H,12H2,(H,28,31)(H,29,33). The van der Waals surface area contributed by atoms with Crippen LogP contribution in [0.2, 0.25) is 0 Å². The van der Waals surface area contributed by atoms with E-state index in [1.165, 1.54) is 24.4 Å².